The quantitative estimate of drug-likeness (QED) is 0.940. The lowest BCUT2D eigenvalue weighted by atomic mass is 9.94. The van der Waals surface area contributed by atoms with Gasteiger partial charge in [-0.05, 0) is 37.7 Å². The highest BCUT2D eigenvalue weighted by molar-refractivity contribution is 7.99. The molecule has 108 valence electrons. The largest absolute Gasteiger partial charge is 0.497 e. The molecule has 5 heteroatoms. The number of rotatable bonds is 3. The Morgan fingerprint density at radius 1 is 1.40 bits per heavy atom. The average molecular weight is 291 g/mol. The number of hydrogen-bond donors (Lipinski definition) is 1. The molecule has 0 spiro atoms. The van der Waals surface area contributed by atoms with Gasteiger partial charge in [0.15, 0.2) is 0 Å². The summed E-state index contributed by atoms with van der Waals surface area (Å²) >= 11 is 1.97. The normalized spacial score (nSPS) is 23.1. The van der Waals surface area contributed by atoms with Crippen molar-refractivity contribution in [3.63, 3.8) is 0 Å². The zero-order valence-corrected chi connectivity index (χ0v) is 12.8. The highest BCUT2D eigenvalue weighted by atomic mass is 32.2. The molecule has 3 rings (SSSR count). The van der Waals surface area contributed by atoms with Gasteiger partial charge in [0, 0.05) is 17.4 Å². The van der Waals surface area contributed by atoms with Crippen LogP contribution in [0, 0.1) is 0 Å². The molecule has 4 nitrogen and oxygen atoms in total. The molecule has 1 aliphatic carbocycles. The molecule has 2 unspecified atom stereocenters. The highest BCUT2D eigenvalue weighted by Gasteiger charge is 2.25. The molecule has 2 atom stereocenters. The number of nitrogens with zero attached hydrogens (tertiary/aromatic N) is 2. The third kappa shape index (κ3) is 2.35. The Morgan fingerprint density at radius 3 is 3.00 bits per heavy atom. The minimum Gasteiger partial charge on any atom is -0.497 e. The lowest BCUT2D eigenvalue weighted by Gasteiger charge is -2.29. The number of fused-ring (bicyclic) bond motifs is 1. The van der Waals surface area contributed by atoms with Gasteiger partial charge >= 0.3 is 0 Å². The molecular formula is C15H21N3OS. The smallest absolute Gasteiger partial charge is 0.201 e. The van der Waals surface area contributed by atoms with E-state index in [4.69, 9.17) is 10.5 Å². The second-order valence-corrected chi connectivity index (χ2v) is 6.51. The summed E-state index contributed by atoms with van der Waals surface area (Å²) in [6.45, 7) is 0. The van der Waals surface area contributed by atoms with Gasteiger partial charge in [-0.25, -0.2) is 4.98 Å². The van der Waals surface area contributed by atoms with Crippen molar-refractivity contribution in [3.05, 3.63) is 18.2 Å². The van der Waals surface area contributed by atoms with Crippen molar-refractivity contribution in [2.45, 2.75) is 37.0 Å². The minimum absolute atomic E-state index is 0.472. The molecule has 2 aromatic rings. The fourth-order valence-corrected chi connectivity index (χ4v) is 3.99. The molecule has 1 saturated carbocycles. The monoisotopic (exact) mass is 291 g/mol. The van der Waals surface area contributed by atoms with Gasteiger partial charge in [-0.1, -0.05) is 6.42 Å². The molecule has 2 N–H and O–H groups in total. The lowest BCUT2D eigenvalue weighted by Crippen LogP contribution is -2.21. The van der Waals surface area contributed by atoms with Crippen LogP contribution in [0.25, 0.3) is 11.0 Å². The fourth-order valence-electron chi connectivity index (χ4n) is 3.18. The van der Waals surface area contributed by atoms with Crippen LogP contribution in [0.4, 0.5) is 5.95 Å². The Labute approximate surface area is 123 Å². The minimum atomic E-state index is 0.472. The number of benzene rings is 1. The van der Waals surface area contributed by atoms with E-state index in [-0.39, 0.29) is 0 Å². The van der Waals surface area contributed by atoms with Crippen molar-refractivity contribution in [1.82, 2.24) is 9.55 Å². The Morgan fingerprint density at radius 2 is 2.25 bits per heavy atom. The van der Waals surface area contributed by atoms with Crippen molar-refractivity contribution >= 4 is 28.7 Å². The van der Waals surface area contributed by atoms with Crippen LogP contribution in [-0.2, 0) is 0 Å². The van der Waals surface area contributed by atoms with E-state index in [2.05, 4.69) is 21.9 Å². The molecule has 1 fully saturated rings. The van der Waals surface area contributed by atoms with Gasteiger partial charge in [-0.2, -0.15) is 11.8 Å². The summed E-state index contributed by atoms with van der Waals surface area (Å²) in [6.07, 6.45) is 7.17. The number of imidazole rings is 1. The molecule has 1 aliphatic rings. The molecule has 1 heterocycles. The van der Waals surface area contributed by atoms with Gasteiger partial charge in [0.05, 0.1) is 18.1 Å². The molecule has 1 aromatic carbocycles. The number of nitrogen functional groups attached to an aromatic ring is 1. The molecule has 0 amide bonds. The summed E-state index contributed by atoms with van der Waals surface area (Å²) < 4.78 is 7.48. The summed E-state index contributed by atoms with van der Waals surface area (Å²) in [7, 11) is 1.67. The van der Waals surface area contributed by atoms with E-state index in [1.165, 1.54) is 25.7 Å². The number of methoxy groups -OCH3 is 1. The Hall–Kier alpha value is -1.36. The van der Waals surface area contributed by atoms with E-state index in [1.807, 2.05) is 23.9 Å². The van der Waals surface area contributed by atoms with Crippen LogP contribution in [0.1, 0.15) is 31.7 Å². The van der Waals surface area contributed by atoms with E-state index >= 15 is 0 Å². The first-order chi connectivity index (χ1) is 9.72. The maximum absolute atomic E-state index is 6.17. The number of aromatic nitrogens is 2. The lowest BCUT2D eigenvalue weighted by molar-refractivity contribution is 0.371. The summed E-state index contributed by atoms with van der Waals surface area (Å²) in [5.41, 5.74) is 8.21. The van der Waals surface area contributed by atoms with Gasteiger partial charge in [-0.3, -0.25) is 0 Å². The molecule has 0 saturated heterocycles. The molecule has 20 heavy (non-hydrogen) atoms. The van der Waals surface area contributed by atoms with E-state index in [9.17, 15) is 0 Å². The van der Waals surface area contributed by atoms with Gasteiger partial charge in [0.1, 0.15) is 5.75 Å². The van der Waals surface area contributed by atoms with Crippen LogP contribution >= 0.6 is 11.8 Å². The molecule has 0 aliphatic heterocycles. The first-order valence-corrected chi connectivity index (χ1v) is 8.36. The SMILES string of the molecule is COc1ccc2c(c1)nc(N)n2C1CCCC(SC)C1. The number of thioether (sulfide) groups is 1. The van der Waals surface area contributed by atoms with Crippen LogP contribution in [0.2, 0.25) is 0 Å². The Balaban J connectivity index is 2.00. The second kappa shape index (κ2) is 5.56. The van der Waals surface area contributed by atoms with Crippen molar-refractivity contribution in [3.8, 4) is 5.75 Å². The number of hydrogen-bond acceptors (Lipinski definition) is 4. The standard InChI is InChI=1S/C15H21N3OS/c1-19-11-6-7-14-13(9-11)17-15(16)18(14)10-4-3-5-12(8-10)20-2/h6-7,9-10,12H,3-5,8H2,1-2H3,(H2,16,17). The molecule has 0 bridgehead atoms. The molecule has 0 radical (unpaired) electrons. The summed E-state index contributed by atoms with van der Waals surface area (Å²) in [6, 6.07) is 6.48. The summed E-state index contributed by atoms with van der Waals surface area (Å²) in [5.74, 6) is 1.45. The van der Waals surface area contributed by atoms with Crippen LogP contribution in [0.5, 0.6) is 5.75 Å². The summed E-state index contributed by atoms with van der Waals surface area (Å²) in [5, 5.41) is 0.740. The first kappa shape index (κ1) is 13.6. The second-order valence-electron chi connectivity index (χ2n) is 5.37. The zero-order valence-electron chi connectivity index (χ0n) is 12.0. The van der Waals surface area contributed by atoms with Crippen molar-refractivity contribution in [2.24, 2.45) is 0 Å². The fraction of sp³-hybridized carbons (Fsp3) is 0.533. The van der Waals surface area contributed by atoms with E-state index in [0.717, 1.165) is 22.0 Å². The predicted molar refractivity (Wildman–Crippen MR) is 85.5 cm³/mol. The average Bonchev–Trinajstić information content (AvgIpc) is 2.82. The molecule has 1 aromatic heterocycles. The highest BCUT2D eigenvalue weighted by Crippen LogP contribution is 2.37. The van der Waals surface area contributed by atoms with Gasteiger partial charge < -0.3 is 15.0 Å². The van der Waals surface area contributed by atoms with Gasteiger partial charge in [0.25, 0.3) is 0 Å². The van der Waals surface area contributed by atoms with E-state index in [0.29, 0.717) is 12.0 Å². The Bertz CT molecular complexity index is 610. The maximum Gasteiger partial charge on any atom is 0.201 e. The zero-order chi connectivity index (χ0) is 14.1. The topological polar surface area (TPSA) is 53.1 Å². The van der Waals surface area contributed by atoms with Crippen LogP contribution < -0.4 is 10.5 Å². The maximum atomic E-state index is 6.17. The Kier molecular flexibility index (Phi) is 3.78. The first-order valence-electron chi connectivity index (χ1n) is 7.07. The van der Waals surface area contributed by atoms with Gasteiger partial charge in [0.2, 0.25) is 5.95 Å². The number of nitrogens with two attached hydrogens (primary N) is 1. The van der Waals surface area contributed by atoms with E-state index < -0.39 is 0 Å². The molecular weight excluding hydrogens is 270 g/mol. The van der Waals surface area contributed by atoms with Crippen LogP contribution in [0.3, 0.4) is 0 Å². The summed E-state index contributed by atoms with van der Waals surface area (Å²) in [4.78, 5) is 4.50. The van der Waals surface area contributed by atoms with E-state index in [1.54, 1.807) is 7.11 Å². The van der Waals surface area contributed by atoms with Crippen molar-refractivity contribution < 1.29 is 4.74 Å². The van der Waals surface area contributed by atoms with Crippen LogP contribution in [-0.4, -0.2) is 28.2 Å². The number of anilines is 1. The van der Waals surface area contributed by atoms with Crippen molar-refractivity contribution in [1.29, 1.82) is 0 Å². The van der Waals surface area contributed by atoms with Crippen LogP contribution in [0.15, 0.2) is 18.2 Å². The third-order valence-corrected chi connectivity index (χ3v) is 5.32. The van der Waals surface area contributed by atoms with Gasteiger partial charge in [-0.15, -0.1) is 0 Å². The third-order valence-electron chi connectivity index (χ3n) is 4.22. The predicted octanol–water partition coefficient (Wildman–Crippen LogP) is 3.47. The van der Waals surface area contributed by atoms with Crippen molar-refractivity contribution in [2.75, 3.05) is 19.1 Å². The number of ether oxygens (including phenoxy) is 1.